The van der Waals surface area contributed by atoms with Gasteiger partial charge in [0.25, 0.3) is 0 Å². The topological polar surface area (TPSA) is 47.9 Å². The predicted octanol–water partition coefficient (Wildman–Crippen LogP) is 6.95. The summed E-state index contributed by atoms with van der Waals surface area (Å²) in [5, 5.41) is 10.6. The van der Waals surface area contributed by atoms with Crippen molar-refractivity contribution in [3.63, 3.8) is 0 Å². The SMILES string of the molecule is C=C(CCCC)[C@H](O)/C(C)=C/C=C/[C@@H](OCc1ccccc1)[C@H]1CC[C@H](COCc2ccccc2)O1. The number of allylic oxidation sites excluding steroid dienone is 2. The molecule has 0 unspecified atom stereocenters. The van der Waals surface area contributed by atoms with Gasteiger partial charge in [-0.2, -0.15) is 0 Å². The number of ether oxygens (including phenoxy) is 3. The van der Waals surface area contributed by atoms with E-state index in [1.165, 1.54) is 5.56 Å². The molecule has 0 aliphatic carbocycles. The lowest BCUT2D eigenvalue weighted by molar-refractivity contribution is -0.0746. The molecule has 1 N–H and O–H groups in total. The Morgan fingerprint density at radius 2 is 1.72 bits per heavy atom. The molecule has 1 aliphatic heterocycles. The van der Waals surface area contributed by atoms with Gasteiger partial charge in [-0.1, -0.05) is 98.8 Å². The van der Waals surface area contributed by atoms with Crippen LogP contribution in [0.3, 0.4) is 0 Å². The summed E-state index contributed by atoms with van der Waals surface area (Å²) < 4.78 is 18.6. The standard InChI is InChI=1S/C32H42O4/c1-4-5-13-25(2)32(33)26(3)14-12-19-30(35-23-28-17-10-7-11-18-28)31-21-20-29(36-31)24-34-22-27-15-8-6-9-16-27/h6-12,14-19,29-33H,2,4-5,13,20-24H2,1,3H3/b19-12+,26-14+/t29-,30-,31-,32+/m1/s1. The fourth-order valence-corrected chi connectivity index (χ4v) is 4.30. The molecule has 1 fully saturated rings. The maximum absolute atomic E-state index is 10.6. The highest BCUT2D eigenvalue weighted by atomic mass is 16.6. The van der Waals surface area contributed by atoms with Crippen LogP contribution in [0.5, 0.6) is 0 Å². The van der Waals surface area contributed by atoms with Crippen LogP contribution in [-0.4, -0.2) is 36.1 Å². The Bertz CT molecular complexity index is 951. The molecule has 4 atom stereocenters. The van der Waals surface area contributed by atoms with Crippen molar-refractivity contribution in [1.82, 2.24) is 0 Å². The minimum absolute atomic E-state index is 0.0339. The molecule has 36 heavy (non-hydrogen) atoms. The van der Waals surface area contributed by atoms with E-state index in [9.17, 15) is 5.11 Å². The maximum atomic E-state index is 10.6. The fourth-order valence-electron chi connectivity index (χ4n) is 4.30. The first-order valence-corrected chi connectivity index (χ1v) is 13.2. The number of aliphatic hydroxyl groups excluding tert-OH is 1. The highest BCUT2D eigenvalue weighted by Gasteiger charge is 2.31. The lowest BCUT2D eigenvalue weighted by Gasteiger charge is -2.22. The molecule has 1 aliphatic rings. The number of unbranched alkanes of at least 4 members (excludes halogenated alkanes) is 1. The monoisotopic (exact) mass is 490 g/mol. The van der Waals surface area contributed by atoms with Gasteiger partial charge in [-0.15, -0.1) is 0 Å². The summed E-state index contributed by atoms with van der Waals surface area (Å²) >= 11 is 0. The van der Waals surface area contributed by atoms with Gasteiger partial charge in [-0.3, -0.25) is 0 Å². The number of hydrogen-bond donors (Lipinski definition) is 1. The third-order valence-corrected chi connectivity index (χ3v) is 6.54. The fraction of sp³-hybridized carbons (Fsp3) is 0.438. The van der Waals surface area contributed by atoms with Crippen molar-refractivity contribution in [2.24, 2.45) is 0 Å². The number of rotatable bonds is 15. The molecule has 0 radical (unpaired) electrons. The van der Waals surface area contributed by atoms with E-state index in [4.69, 9.17) is 14.2 Å². The highest BCUT2D eigenvalue weighted by Crippen LogP contribution is 2.26. The lowest BCUT2D eigenvalue weighted by atomic mass is 9.99. The number of aliphatic hydroxyl groups is 1. The molecule has 2 aromatic rings. The summed E-state index contributed by atoms with van der Waals surface area (Å²) in [6, 6.07) is 20.4. The van der Waals surface area contributed by atoms with E-state index in [1.54, 1.807) is 0 Å². The molecular formula is C32H42O4. The summed E-state index contributed by atoms with van der Waals surface area (Å²) in [5.41, 5.74) is 4.05. The van der Waals surface area contributed by atoms with Crippen LogP contribution < -0.4 is 0 Å². The molecule has 1 heterocycles. The molecule has 3 rings (SSSR count). The Hall–Kier alpha value is -2.50. The molecule has 4 heteroatoms. The van der Waals surface area contributed by atoms with Crippen LogP contribution in [0.2, 0.25) is 0 Å². The smallest absolute Gasteiger partial charge is 0.102 e. The molecule has 0 aromatic heterocycles. The number of benzene rings is 2. The maximum Gasteiger partial charge on any atom is 0.102 e. The average molecular weight is 491 g/mol. The van der Waals surface area contributed by atoms with Gasteiger partial charge < -0.3 is 19.3 Å². The molecule has 0 amide bonds. The molecule has 0 saturated carbocycles. The summed E-state index contributed by atoms with van der Waals surface area (Å²) in [6.45, 7) is 9.84. The summed E-state index contributed by atoms with van der Waals surface area (Å²) in [7, 11) is 0. The predicted molar refractivity (Wildman–Crippen MR) is 147 cm³/mol. The summed E-state index contributed by atoms with van der Waals surface area (Å²) in [5.74, 6) is 0. The summed E-state index contributed by atoms with van der Waals surface area (Å²) in [6.07, 6.45) is 10.1. The van der Waals surface area contributed by atoms with Crippen molar-refractivity contribution < 1.29 is 19.3 Å². The van der Waals surface area contributed by atoms with Crippen LogP contribution >= 0.6 is 0 Å². The Balaban J connectivity index is 1.57. The van der Waals surface area contributed by atoms with Crippen LogP contribution in [0.25, 0.3) is 0 Å². The van der Waals surface area contributed by atoms with Gasteiger partial charge in [-0.25, -0.2) is 0 Å². The van der Waals surface area contributed by atoms with E-state index >= 15 is 0 Å². The van der Waals surface area contributed by atoms with Gasteiger partial charge in [0.05, 0.1) is 38.1 Å². The zero-order valence-corrected chi connectivity index (χ0v) is 21.9. The Morgan fingerprint density at radius 1 is 1.06 bits per heavy atom. The molecule has 194 valence electrons. The van der Waals surface area contributed by atoms with Crippen molar-refractivity contribution >= 4 is 0 Å². The molecule has 0 spiro atoms. The van der Waals surface area contributed by atoms with Crippen LogP contribution in [0.1, 0.15) is 57.1 Å². The number of hydrogen-bond acceptors (Lipinski definition) is 4. The Labute approximate surface area is 217 Å². The largest absolute Gasteiger partial charge is 0.384 e. The van der Waals surface area contributed by atoms with Gasteiger partial charge >= 0.3 is 0 Å². The highest BCUT2D eigenvalue weighted by molar-refractivity contribution is 5.24. The quantitative estimate of drug-likeness (QED) is 0.217. The van der Waals surface area contributed by atoms with E-state index in [0.29, 0.717) is 19.8 Å². The molecule has 1 saturated heterocycles. The van der Waals surface area contributed by atoms with E-state index in [1.807, 2.05) is 61.5 Å². The van der Waals surface area contributed by atoms with Crippen LogP contribution in [0.4, 0.5) is 0 Å². The second kappa shape index (κ2) is 15.6. The second-order valence-electron chi connectivity index (χ2n) is 9.60. The molecule has 0 bridgehead atoms. The van der Waals surface area contributed by atoms with Gasteiger partial charge in [0.1, 0.15) is 6.10 Å². The average Bonchev–Trinajstić information content (AvgIpc) is 3.38. The minimum Gasteiger partial charge on any atom is -0.384 e. The van der Waals surface area contributed by atoms with Crippen molar-refractivity contribution in [1.29, 1.82) is 0 Å². The van der Waals surface area contributed by atoms with Gasteiger partial charge in [0, 0.05) is 0 Å². The second-order valence-corrected chi connectivity index (χ2v) is 9.60. The van der Waals surface area contributed by atoms with Gasteiger partial charge in [-0.05, 0) is 54.9 Å². The zero-order valence-electron chi connectivity index (χ0n) is 21.9. The third kappa shape index (κ3) is 9.51. The van der Waals surface area contributed by atoms with E-state index in [-0.39, 0.29) is 18.3 Å². The van der Waals surface area contributed by atoms with E-state index in [2.05, 4.69) is 37.8 Å². The van der Waals surface area contributed by atoms with Crippen LogP contribution in [0, 0.1) is 0 Å². The normalized spacial score (nSPS) is 20.0. The van der Waals surface area contributed by atoms with E-state index in [0.717, 1.165) is 48.8 Å². The van der Waals surface area contributed by atoms with Crippen molar-refractivity contribution in [3.8, 4) is 0 Å². The molecule has 4 nitrogen and oxygen atoms in total. The van der Waals surface area contributed by atoms with Crippen LogP contribution in [-0.2, 0) is 27.4 Å². The minimum atomic E-state index is -0.612. The van der Waals surface area contributed by atoms with Crippen molar-refractivity contribution in [3.05, 3.63) is 108 Å². The Morgan fingerprint density at radius 3 is 2.39 bits per heavy atom. The Kier molecular flexibility index (Phi) is 12.1. The molecular weight excluding hydrogens is 448 g/mol. The third-order valence-electron chi connectivity index (χ3n) is 6.54. The first-order valence-electron chi connectivity index (χ1n) is 13.2. The van der Waals surface area contributed by atoms with Gasteiger partial charge in [0.2, 0.25) is 0 Å². The van der Waals surface area contributed by atoms with Crippen LogP contribution in [0.15, 0.2) is 96.6 Å². The first-order chi connectivity index (χ1) is 17.6. The van der Waals surface area contributed by atoms with Crippen molar-refractivity contribution in [2.45, 2.75) is 83.6 Å². The lowest BCUT2D eigenvalue weighted by Crippen LogP contribution is -2.28. The molecule has 2 aromatic carbocycles. The zero-order chi connectivity index (χ0) is 25.6. The summed E-state index contributed by atoms with van der Waals surface area (Å²) in [4.78, 5) is 0. The van der Waals surface area contributed by atoms with Gasteiger partial charge in [0.15, 0.2) is 0 Å². The first kappa shape index (κ1) is 28.1. The van der Waals surface area contributed by atoms with E-state index < -0.39 is 6.10 Å². The van der Waals surface area contributed by atoms with Crippen molar-refractivity contribution in [2.75, 3.05) is 6.61 Å².